The molecule has 0 saturated heterocycles. The largest absolute Gasteiger partial charge is 0.493 e. The Morgan fingerprint density at radius 1 is 1.32 bits per heavy atom. The van der Waals surface area contributed by atoms with E-state index in [0.717, 1.165) is 30.0 Å². The maximum Gasteiger partial charge on any atom is 0.119 e. The first kappa shape index (κ1) is 13.6. The third-order valence-corrected chi connectivity index (χ3v) is 3.26. The van der Waals surface area contributed by atoms with Gasteiger partial charge in [-0.25, -0.2) is 4.98 Å². The lowest BCUT2D eigenvalue weighted by Crippen LogP contribution is -2.09. The van der Waals surface area contributed by atoms with Crippen LogP contribution in [0.4, 0.5) is 0 Å². The molecule has 0 bridgehead atoms. The van der Waals surface area contributed by atoms with Crippen molar-refractivity contribution in [2.75, 3.05) is 6.61 Å². The number of nitrogens with two attached hydrogens (primary N) is 1. The fourth-order valence-corrected chi connectivity index (χ4v) is 1.94. The van der Waals surface area contributed by atoms with Gasteiger partial charge in [-0.3, -0.25) is 0 Å². The van der Waals surface area contributed by atoms with Crippen LogP contribution in [0.2, 0.25) is 0 Å². The summed E-state index contributed by atoms with van der Waals surface area (Å²) in [6, 6.07) is 8.13. The number of hydrogen-bond acceptors (Lipinski definition) is 3. The zero-order valence-corrected chi connectivity index (χ0v) is 11.5. The Bertz CT molecular complexity index is 504. The molecule has 4 nitrogen and oxygen atoms in total. The number of hydrogen-bond donors (Lipinski definition) is 1. The fraction of sp³-hybridized carbons (Fsp3) is 0.400. The molecule has 1 atom stereocenters. The van der Waals surface area contributed by atoms with Crippen LogP contribution < -0.4 is 10.5 Å². The summed E-state index contributed by atoms with van der Waals surface area (Å²) < 4.78 is 7.72. The Kier molecular flexibility index (Phi) is 4.58. The van der Waals surface area contributed by atoms with Crippen molar-refractivity contribution in [2.24, 2.45) is 12.8 Å². The van der Waals surface area contributed by atoms with Gasteiger partial charge in [-0.1, -0.05) is 19.1 Å². The van der Waals surface area contributed by atoms with Gasteiger partial charge in [-0.2, -0.15) is 0 Å². The molecule has 0 fully saturated rings. The Labute approximate surface area is 114 Å². The predicted octanol–water partition coefficient (Wildman–Crippen LogP) is 2.45. The van der Waals surface area contributed by atoms with Crippen LogP contribution in [0, 0.1) is 0 Å². The quantitative estimate of drug-likeness (QED) is 0.867. The minimum atomic E-state index is 0.113. The Morgan fingerprint density at radius 2 is 2.05 bits per heavy atom. The van der Waals surface area contributed by atoms with Gasteiger partial charge in [0, 0.05) is 31.9 Å². The zero-order valence-electron chi connectivity index (χ0n) is 11.5. The van der Waals surface area contributed by atoms with Crippen molar-refractivity contribution in [1.29, 1.82) is 0 Å². The maximum absolute atomic E-state index is 5.97. The molecule has 1 heterocycles. The molecule has 1 aromatic carbocycles. The molecule has 2 aromatic rings. The van der Waals surface area contributed by atoms with Gasteiger partial charge in [0.15, 0.2) is 0 Å². The highest BCUT2D eigenvalue weighted by Crippen LogP contribution is 2.18. The second-order valence-electron chi connectivity index (χ2n) is 4.64. The Hall–Kier alpha value is -1.81. The van der Waals surface area contributed by atoms with E-state index in [2.05, 4.69) is 11.9 Å². The Balaban J connectivity index is 1.85. The van der Waals surface area contributed by atoms with Gasteiger partial charge < -0.3 is 15.0 Å². The van der Waals surface area contributed by atoms with Crippen molar-refractivity contribution >= 4 is 0 Å². The van der Waals surface area contributed by atoms with Crippen LogP contribution in [0.25, 0.3) is 0 Å². The molecule has 1 aromatic heterocycles. The third kappa shape index (κ3) is 3.58. The molecule has 0 aliphatic heterocycles. The normalized spacial score (nSPS) is 12.4. The van der Waals surface area contributed by atoms with Gasteiger partial charge in [-0.15, -0.1) is 0 Å². The average molecular weight is 259 g/mol. The summed E-state index contributed by atoms with van der Waals surface area (Å²) in [5.41, 5.74) is 7.13. The molecule has 102 valence electrons. The number of aryl methyl sites for hydroxylation is 1. The highest BCUT2D eigenvalue weighted by atomic mass is 16.5. The molecule has 0 spiro atoms. The molecular weight excluding hydrogens is 238 g/mol. The van der Waals surface area contributed by atoms with Crippen LogP contribution in [-0.4, -0.2) is 16.2 Å². The zero-order chi connectivity index (χ0) is 13.7. The van der Waals surface area contributed by atoms with Gasteiger partial charge in [0.05, 0.1) is 6.61 Å². The topological polar surface area (TPSA) is 53.1 Å². The van der Waals surface area contributed by atoms with Gasteiger partial charge in [0.2, 0.25) is 0 Å². The standard InChI is InChI=1S/C15H21N3O/c1-3-14(16)12-4-6-13(7-5-12)19-11-8-15-17-9-10-18(15)2/h4-7,9-10,14H,3,8,11,16H2,1-2H3. The van der Waals surface area contributed by atoms with Crippen molar-refractivity contribution in [2.45, 2.75) is 25.8 Å². The smallest absolute Gasteiger partial charge is 0.119 e. The molecule has 0 radical (unpaired) electrons. The van der Waals surface area contributed by atoms with E-state index in [9.17, 15) is 0 Å². The predicted molar refractivity (Wildman–Crippen MR) is 76.1 cm³/mol. The lowest BCUT2D eigenvalue weighted by molar-refractivity contribution is 0.317. The van der Waals surface area contributed by atoms with Crippen LogP contribution in [0.1, 0.15) is 30.8 Å². The molecule has 0 saturated carbocycles. The average Bonchev–Trinajstić information content (AvgIpc) is 2.84. The van der Waals surface area contributed by atoms with Crippen molar-refractivity contribution in [1.82, 2.24) is 9.55 Å². The number of imidazole rings is 1. The first-order valence-corrected chi connectivity index (χ1v) is 6.65. The SMILES string of the molecule is CCC(N)c1ccc(OCCc2nccn2C)cc1. The highest BCUT2D eigenvalue weighted by Gasteiger charge is 2.03. The van der Waals surface area contributed by atoms with E-state index < -0.39 is 0 Å². The lowest BCUT2D eigenvalue weighted by Gasteiger charge is -2.10. The summed E-state index contributed by atoms with van der Waals surface area (Å²) in [5, 5.41) is 0. The van der Waals surface area contributed by atoms with E-state index in [1.807, 2.05) is 42.1 Å². The Morgan fingerprint density at radius 3 is 2.63 bits per heavy atom. The second-order valence-corrected chi connectivity index (χ2v) is 4.64. The molecule has 2 N–H and O–H groups in total. The highest BCUT2D eigenvalue weighted by molar-refractivity contribution is 5.29. The van der Waals surface area contributed by atoms with Gasteiger partial charge >= 0.3 is 0 Å². The summed E-state index contributed by atoms with van der Waals surface area (Å²) in [6.07, 6.45) is 5.49. The molecular formula is C15H21N3O. The van der Waals surface area contributed by atoms with Crippen molar-refractivity contribution < 1.29 is 4.74 Å². The number of nitrogens with zero attached hydrogens (tertiary/aromatic N) is 2. The molecule has 0 aliphatic carbocycles. The summed E-state index contributed by atoms with van der Waals surface area (Å²) in [4.78, 5) is 4.26. The van der Waals surface area contributed by atoms with Crippen LogP contribution in [0.15, 0.2) is 36.7 Å². The first-order valence-electron chi connectivity index (χ1n) is 6.65. The summed E-state index contributed by atoms with van der Waals surface area (Å²) in [5.74, 6) is 1.91. The summed E-state index contributed by atoms with van der Waals surface area (Å²) in [6.45, 7) is 2.71. The van der Waals surface area contributed by atoms with Crippen molar-refractivity contribution in [3.05, 3.63) is 48.0 Å². The van der Waals surface area contributed by atoms with Gasteiger partial charge in [0.1, 0.15) is 11.6 Å². The minimum Gasteiger partial charge on any atom is -0.493 e. The number of rotatable bonds is 6. The van der Waals surface area contributed by atoms with E-state index in [1.54, 1.807) is 6.20 Å². The van der Waals surface area contributed by atoms with Gasteiger partial charge in [-0.05, 0) is 24.1 Å². The van der Waals surface area contributed by atoms with Crippen molar-refractivity contribution in [3.8, 4) is 5.75 Å². The molecule has 4 heteroatoms. The molecule has 0 amide bonds. The number of aromatic nitrogens is 2. The molecule has 1 unspecified atom stereocenters. The van der Waals surface area contributed by atoms with E-state index in [0.29, 0.717) is 6.61 Å². The van der Waals surface area contributed by atoms with E-state index in [4.69, 9.17) is 10.5 Å². The van der Waals surface area contributed by atoms with E-state index >= 15 is 0 Å². The van der Waals surface area contributed by atoms with Crippen LogP contribution in [0.3, 0.4) is 0 Å². The fourth-order valence-electron chi connectivity index (χ4n) is 1.94. The second kappa shape index (κ2) is 6.38. The van der Waals surface area contributed by atoms with E-state index in [-0.39, 0.29) is 6.04 Å². The molecule has 0 aliphatic rings. The van der Waals surface area contributed by atoms with Gasteiger partial charge in [0.25, 0.3) is 0 Å². The summed E-state index contributed by atoms with van der Waals surface area (Å²) >= 11 is 0. The first-order chi connectivity index (χ1) is 9.20. The molecule has 19 heavy (non-hydrogen) atoms. The number of benzene rings is 1. The number of ether oxygens (including phenoxy) is 1. The monoisotopic (exact) mass is 259 g/mol. The van der Waals surface area contributed by atoms with Crippen LogP contribution >= 0.6 is 0 Å². The summed E-state index contributed by atoms with van der Waals surface area (Å²) in [7, 11) is 1.99. The lowest BCUT2D eigenvalue weighted by atomic mass is 10.1. The molecule has 2 rings (SSSR count). The van der Waals surface area contributed by atoms with E-state index in [1.165, 1.54) is 0 Å². The third-order valence-electron chi connectivity index (χ3n) is 3.26. The van der Waals surface area contributed by atoms with Crippen molar-refractivity contribution in [3.63, 3.8) is 0 Å². The van der Waals surface area contributed by atoms with Crippen LogP contribution in [0.5, 0.6) is 5.75 Å². The maximum atomic E-state index is 5.97. The van der Waals surface area contributed by atoms with Crippen LogP contribution in [-0.2, 0) is 13.5 Å². The minimum absolute atomic E-state index is 0.113.